The van der Waals surface area contributed by atoms with E-state index in [0.29, 0.717) is 10.8 Å². The third-order valence-electron chi connectivity index (χ3n) is 8.70. The van der Waals surface area contributed by atoms with E-state index in [0.717, 1.165) is 29.6 Å². The van der Waals surface area contributed by atoms with Crippen LogP contribution < -0.4 is 0 Å². The highest BCUT2D eigenvalue weighted by atomic mass is 14.6. The fourth-order valence-corrected chi connectivity index (χ4v) is 7.24. The average molecular weight is 365 g/mol. The summed E-state index contributed by atoms with van der Waals surface area (Å²) in [6, 6.07) is 0. The van der Waals surface area contributed by atoms with Crippen molar-refractivity contribution < 1.29 is 0 Å². The minimum Gasteiger partial charge on any atom is -0.0683 e. The zero-order chi connectivity index (χ0) is 20.0. The lowest BCUT2D eigenvalue weighted by atomic mass is 9.50. The van der Waals surface area contributed by atoms with E-state index in [1.165, 1.54) is 51.4 Å². The second-order valence-electron chi connectivity index (χ2n) is 10.1. The molecule has 0 aromatic rings. The standard InChI is InChI=1S/C22H40.2C2H6/c1-6-16(2)18-11-12-20-17-10-8-7-9-14-21(3,4)19(17)13-15-22(18,20)5;2*1-2/h16-20H,6-15H2,1-5H3;2*1-2H3. The highest BCUT2D eigenvalue weighted by Gasteiger charge is 2.56. The van der Waals surface area contributed by atoms with Gasteiger partial charge in [-0.2, -0.15) is 0 Å². The molecule has 3 aliphatic rings. The molecule has 0 radical (unpaired) electrons. The van der Waals surface area contributed by atoms with Gasteiger partial charge in [-0.25, -0.2) is 0 Å². The lowest BCUT2D eigenvalue weighted by Crippen LogP contribution is -2.47. The monoisotopic (exact) mass is 364 g/mol. The van der Waals surface area contributed by atoms with Crippen LogP contribution in [0.1, 0.15) is 127 Å². The largest absolute Gasteiger partial charge is 0.0683 e. The normalized spacial score (nSPS) is 39.6. The number of hydrogen-bond acceptors (Lipinski definition) is 0. The van der Waals surface area contributed by atoms with Crippen molar-refractivity contribution in [2.75, 3.05) is 0 Å². The van der Waals surface area contributed by atoms with Gasteiger partial charge in [0.25, 0.3) is 0 Å². The lowest BCUT2D eigenvalue weighted by molar-refractivity contribution is -0.0542. The molecule has 0 aliphatic heterocycles. The van der Waals surface area contributed by atoms with Crippen molar-refractivity contribution in [2.45, 2.75) is 127 Å². The summed E-state index contributed by atoms with van der Waals surface area (Å²) in [6.45, 7) is 20.8. The molecule has 0 bridgehead atoms. The van der Waals surface area contributed by atoms with Crippen molar-refractivity contribution in [1.82, 2.24) is 0 Å². The van der Waals surface area contributed by atoms with Gasteiger partial charge in [-0.1, -0.05) is 88.0 Å². The van der Waals surface area contributed by atoms with Gasteiger partial charge in [-0.05, 0) is 78.9 Å². The summed E-state index contributed by atoms with van der Waals surface area (Å²) in [5.74, 6) is 5.05. The van der Waals surface area contributed by atoms with E-state index in [9.17, 15) is 0 Å². The highest BCUT2D eigenvalue weighted by molar-refractivity contribution is 5.05. The van der Waals surface area contributed by atoms with E-state index in [-0.39, 0.29) is 0 Å². The van der Waals surface area contributed by atoms with Gasteiger partial charge >= 0.3 is 0 Å². The molecule has 3 aliphatic carbocycles. The lowest BCUT2D eigenvalue weighted by Gasteiger charge is -2.54. The Kier molecular flexibility index (Phi) is 9.73. The van der Waals surface area contributed by atoms with E-state index in [1.54, 1.807) is 12.8 Å². The molecule has 0 heteroatoms. The number of rotatable bonds is 2. The van der Waals surface area contributed by atoms with Crippen molar-refractivity contribution in [3.8, 4) is 0 Å². The Morgan fingerprint density at radius 3 is 2.04 bits per heavy atom. The van der Waals surface area contributed by atoms with Crippen LogP contribution in [0.25, 0.3) is 0 Å². The summed E-state index contributed by atoms with van der Waals surface area (Å²) in [6.07, 6.45) is 15.0. The fraction of sp³-hybridized carbons (Fsp3) is 1.00. The molecule has 6 atom stereocenters. The van der Waals surface area contributed by atoms with Gasteiger partial charge < -0.3 is 0 Å². The molecule has 0 N–H and O–H groups in total. The molecule has 26 heavy (non-hydrogen) atoms. The maximum absolute atomic E-state index is 2.70. The zero-order valence-corrected chi connectivity index (χ0v) is 20.0. The smallest absolute Gasteiger partial charge is 0.0264 e. The van der Waals surface area contributed by atoms with Gasteiger partial charge in [0.2, 0.25) is 0 Å². The van der Waals surface area contributed by atoms with E-state index in [1.807, 2.05) is 27.7 Å². The Bertz CT molecular complexity index is 381. The van der Waals surface area contributed by atoms with Gasteiger partial charge in [-0.3, -0.25) is 0 Å². The van der Waals surface area contributed by atoms with Crippen molar-refractivity contribution in [2.24, 2.45) is 40.4 Å². The highest BCUT2D eigenvalue weighted by Crippen LogP contribution is 2.64. The molecule has 3 fully saturated rings. The van der Waals surface area contributed by atoms with Crippen molar-refractivity contribution in [3.63, 3.8) is 0 Å². The summed E-state index contributed by atoms with van der Waals surface area (Å²) in [5.41, 5.74) is 1.27. The first kappa shape index (κ1) is 24.0. The van der Waals surface area contributed by atoms with Crippen LogP contribution in [0.15, 0.2) is 0 Å². The summed E-state index contributed by atoms with van der Waals surface area (Å²) in [7, 11) is 0. The van der Waals surface area contributed by atoms with Crippen molar-refractivity contribution in [3.05, 3.63) is 0 Å². The molecule has 3 saturated carbocycles. The molecule has 6 unspecified atom stereocenters. The molecule has 0 aromatic carbocycles. The van der Waals surface area contributed by atoms with Gasteiger partial charge in [0, 0.05) is 0 Å². The van der Waals surface area contributed by atoms with Crippen LogP contribution in [0, 0.1) is 40.4 Å². The minimum absolute atomic E-state index is 0.598. The predicted molar refractivity (Wildman–Crippen MR) is 120 cm³/mol. The maximum Gasteiger partial charge on any atom is -0.0264 e. The van der Waals surface area contributed by atoms with E-state index in [4.69, 9.17) is 0 Å². The Morgan fingerprint density at radius 1 is 0.769 bits per heavy atom. The second-order valence-corrected chi connectivity index (χ2v) is 10.1. The van der Waals surface area contributed by atoms with Crippen LogP contribution in [-0.4, -0.2) is 0 Å². The molecule has 156 valence electrons. The van der Waals surface area contributed by atoms with E-state index in [2.05, 4.69) is 34.6 Å². The molecule has 0 nitrogen and oxygen atoms in total. The van der Waals surface area contributed by atoms with Gasteiger partial charge in [0.05, 0.1) is 0 Å². The molecular weight excluding hydrogens is 312 g/mol. The SMILES string of the molecule is CC.CC.CCC(C)C1CCC2C3CCCCCC(C)(C)C3CCC12C. The van der Waals surface area contributed by atoms with Gasteiger partial charge in [0.1, 0.15) is 0 Å². The Labute approximate surface area is 167 Å². The molecule has 0 heterocycles. The van der Waals surface area contributed by atoms with Crippen molar-refractivity contribution >= 4 is 0 Å². The quantitative estimate of drug-likeness (QED) is 0.458. The molecule has 0 spiro atoms. The van der Waals surface area contributed by atoms with Gasteiger partial charge in [0.15, 0.2) is 0 Å². The van der Waals surface area contributed by atoms with Crippen molar-refractivity contribution in [1.29, 1.82) is 0 Å². The van der Waals surface area contributed by atoms with E-state index >= 15 is 0 Å². The summed E-state index contributed by atoms with van der Waals surface area (Å²) in [5, 5.41) is 0. The van der Waals surface area contributed by atoms with Crippen LogP contribution in [0.4, 0.5) is 0 Å². The third kappa shape index (κ3) is 4.70. The Hall–Kier alpha value is 0. The molecule has 3 rings (SSSR count). The molecule has 0 saturated heterocycles. The van der Waals surface area contributed by atoms with Crippen LogP contribution >= 0.6 is 0 Å². The van der Waals surface area contributed by atoms with Crippen LogP contribution in [0.5, 0.6) is 0 Å². The zero-order valence-electron chi connectivity index (χ0n) is 20.0. The van der Waals surface area contributed by atoms with Crippen LogP contribution in [-0.2, 0) is 0 Å². The minimum atomic E-state index is 0.598. The van der Waals surface area contributed by atoms with Crippen LogP contribution in [0.3, 0.4) is 0 Å². The predicted octanol–water partition coefficient (Wildman–Crippen LogP) is 9.13. The van der Waals surface area contributed by atoms with E-state index < -0.39 is 0 Å². The molecular formula is C26H52. The van der Waals surface area contributed by atoms with Crippen LogP contribution in [0.2, 0.25) is 0 Å². The third-order valence-corrected chi connectivity index (χ3v) is 8.70. The Balaban J connectivity index is 0.000000791. The average Bonchev–Trinajstić information content (AvgIpc) is 3.00. The topological polar surface area (TPSA) is 0 Å². The molecule has 0 aromatic heterocycles. The van der Waals surface area contributed by atoms with Gasteiger partial charge in [-0.15, -0.1) is 0 Å². The summed E-state index contributed by atoms with van der Waals surface area (Å²) in [4.78, 5) is 0. The fourth-order valence-electron chi connectivity index (χ4n) is 7.24. The Morgan fingerprint density at radius 2 is 1.42 bits per heavy atom. The first-order valence-corrected chi connectivity index (χ1v) is 12.4. The first-order valence-electron chi connectivity index (χ1n) is 12.4. The first-order chi connectivity index (χ1) is 12.4. The molecule has 0 amide bonds. The number of hydrogen-bond donors (Lipinski definition) is 0. The number of fused-ring (bicyclic) bond motifs is 3. The second kappa shape index (κ2) is 10.5. The summed E-state index contributed by atoms with van der Waals surface area (Å²) >= 11 is 0. The summed E-state index contributed by atoms with van der Waals surface area (Å²) < 4.78 is 0. The maximum atomic E-state index is 2.70.